The van der Waals surface area contributed by atoms with E-state index in [0.717, 1.165) is 10.8 Å². The Bertz CT molecular complexity index is 1440. The van der Waals surface area contributed by atoms with Gasteiger partial charge in [-0.2, -0.15) is 0 Å². The largest absolute Gasteiger partial charge is 0.464 e. The van der Waals surface area contributed by atoms with E-state index in [-0.39, 0.29) is 0 Å². The van der Waals surface area contributed by atoms with Crippen LogP contribution in [0.4, 0.5) is 9.59 Å². The van der Waals surface area contributed by atoms with E-state index in [2.05, 4.69) is 15.9 Å². The van der Waals surface area contributed by atoms with Crippen LogP contribution in [0.2, 0.25) is 0 Å². The lowest BCUT2D eigenvalue weighted by molar-refractivity contribution is 0.197. The van der Waals surface area contributed by atoms with Gasteiger partial charge in [0.2, 0.25) is 0 Å². The van der Waals surface area contributed by atoms with Crippen molar-refractivity contribution in [1.29, 1.82) is 0 Å². The highest BCUT2D eigenvalue weighted by Gasteiger charge is 2.24. The number of halogens is 1. The number of hydrogen-bond donors (Lipinski definition) is 2. The van der Waals surface area contributed by atoms with E-state index in [1.807, 2.05) is 24.3 Å². The normalized spacial score (nSPS) is 11.7. The third-order valence-electron chi connectivity index (χ3n) is 4.92. The zero-order valence-electron chi connectivity index (χ0n) is 13.7. The molecule has 0 bridgehead atoms. The number of aromatic nitrogens is 2. The Morgan fingerprint density at radius 1 is 0.741 bits per heavy atom. The molecule has 0 aliphatic heterocycles. The third-order valence-corrected chi connectivity index (χ3v) is 5.69. The van der Waals surface area contributed by atoms with Crippen molar-refractivity contribution in [2.24, 2.45) is 0 Å². The Kier molecular flexibility index (Phi) is 3.14. The summed E-state index contributed by atoms with van der Waals surface area (Å²) in [5.74, 6) is 0. The van der Waals surface area contributed by atoms with Gasteiger partial charge in [0.25, 0.3) is 0 Å². The topological polar surface area (TPSA) is 84.5 Å². The molecule has 0 unspecified atom stereocenters. The van der Waals surface area contributed by atoms with E-state index >= 15 is 0 Å². The lowest BCUT2D eigenvalue weighted by atomic mass is 10.1. The maximum atomic E-state index is 12.0. The smallest absolute Gasteiger partial charge is 0.416 e. The van der Waals surface area contributed by atoms with Crippen molar-refractivity contribution in [2.75, 3.05) is 0 Å². The first kappa shape index (κ1) is 15.9. The Morgan fingerprint density at radius 3 is 1.93 bits per heavy atom. The molecular weight excluding hydrogens is 412 g/mol. The Labute approximate surface area is 160 Å². The van der Waals surface area contributed by atoms with Crippen LogP contribution in [0, 0.1) is 0 Å². The van der Waals surface area contributed by atoms with Crippen LogP contribution in [0.15, 0.2) is 59.1 Å². The van der Waals surface area contributed by atoms with Crippen LogP contribution in [0.1, 0.15) is 0 Å². The van der Waals surface area contributed by atoms with Gasteiger partial charge in [0.05, 0.1) is 26.5 Å². The molecule has 0 aliphatic rings. The third kappa shape index (κ3) is 1.94. The van der Waals surface area contributed by atoms with Crippen LogP contribution in [-0.4, -0.2) is 31.5 Å². The molecule has 2 heterocycles. The number of hydrogen-bond acceptors (Lipinski definition) is 2. The van der Waals surface area contributed by atoms with E-state index in [0.29, 0.717) is 37.3 Å². The molecule has 6 nitrogen and oxygen atoms in total. The van der Waals surface area contributed by atoms with Crippen LogP contribution < -0.4 is 0 Å². The predicted octanol–water partition coefficient (Wildman–Crippen LogP) is 5.72. The minimum atomic E-state index is -1.09. The van der Waals surface area contributed by atoms with Gasteiger partial charge in [0.15, 0.2) is 0 Å². The summed E-state index contributed by atoms with van der Waals surface area (Å²) in [4.78, 5) is 24.0. The van der Waals surface area contributed by atoms with Crippen LogP contribution in [0.3, 0.4) is 0 Å². The number of carboxylic acid groups (broad SMARTS) is 2. The number of carbonyl (C=O) groups is 2. The Morgan fingerprint density at radius 2 is 1.30 bits per heavy atom. The van der Waals surface area contributed by atoms with E-state index in [1.165, 1.54) is 9.13 Å². The molecule has 7 heteroatoms. The molecule has 0 saturated carbocycles. The molecule has 132 valence electrons. The van der Waals surface area contributed by atoms with Crippen molar-refractivity contribution in [3.8, 4) is 0 Å². The number of rotatable bonds is 0. The van der Waals surface area contributed by atoms with E-state index < -0.39 is 12.2 Å². The zero-order chi connectivity index (χ0) is 18.9. The summed E-state index contributed by atoms with van der Waals surface area (Å²) in [6.45, 7) is 0. The number of benzene rings is 3. The number of fused-ring (bicyclic) bond motifs is 6. The molecule has 27 heavy (non-hydrogen) atoms. The first-order chi connectivity index (χ1) is 13.0. The highest BCUT2D eigenvalue weighted by atomic mass is 79.9. The van der Waals surface area contributed by atoms with Crippen LogP contribution in [-0.2, 0) is 0 Å². The average Bonchev–Trinajstić information content (AvgIpc) is 3.15. The minimum Gasteiger partial charge on any atom is -0.464 e. The maximum absolute atomic E-state index is 12.0. The zero-order valence-corrected chi connectivity index (χ0v) is 15.3. The van der Waals surface area contributed by atoms with E-state index in [9.17, 15) is 19.8 Å². The molecule has 2 aromatic heterocycles. The highest BCUT2D eigenvalue weighted by Crippen LogP contribution is 2.42. The molecule has 0 saturated heterocycles. The van der Waals surface area contributed by atoms with E-state index in [1.54, 1.807) is 30.3 Å². The summed E-state index contributed by atoms with van der Waals surface area (Å²) in [5, 5.41) is 22.4. The van der Waals surface area contributed by atoms with Crippen LogP contribution >= 0.6 is 15.9 Å². The molecule has 0 atom stereocenters. The average molecular weight is 423 g/mol. The van der Waals surface area contributed by atoms with Crippen molar-refractivity contribution >= 4 is 71.7 Å². The molecule has 5 rings (SSSR count). The SMILES string of the molecule is O=C(O)n1c2ccccc2c2c(Br)c3c(cc21)c1ccccc1n3C(=O)O. The molecule has 0 spiro atoms. The molecule has 0 fully saturated rings. The molecular formula is C20H11BrN2O4. The van der Waals surface area contributed by atoms with Gasteiger partial charge in [-0.05, 0) is 34.1 Å². The number of para-hydroxylation sites is 2. The van der Waals surface area contributed by atoms with Crippen LogP contribution in [0.5, 0.6) is 0 Å². The second-order valence-electron chi connectivity index (χ2n) is 6.25. The van der Waals surface area contributed by atoms with Crippen molar-refractivity contribution in [3.63, 3.8) is 0 Å². The van der Waals surface area contributed by atoms with Gasteiger partial charge in [0, 0.05) is 21.5 Å². The predicted molar refractivity (Wildman–Crippen MR) is 107 cm³/mol. The second kappa shape index (κ2) is 5.34. The van der Waals surface area contributed by atoms with Crippen molar-refractivity contribution < 1.29 is 19.8 Å². The Hall–Kier alpha value is -3.32. The summed E-state index contributed by atoms with van der Waals surface area (Å²) < 4.78 is 3.04. The molecule has 0 aliphatic carbocycles. The standard InChI is InChI=1S/C20H11BrN2O4/c21-17-16-11-6-2-4-8-14(11)22(19(24)25)15(16)9-12-10-5-1-3-7-13(10)23(18(12)17)20(26)27/h1-9H,(H,24,25)(H,26,27). The first-order valence-corrected chi connectivity index (χ1v) is 8.91. The molecule has 3 aromatic carbocycles. The summed E-state index contributed by atoms with van der Waals surface area (Å²) in [7, 11) is 0. The summed E-state index contributed by atoms with van der Waals surface area (Å²) in [6.07, 6.45) is -2.18. The summed E-state index contributed by atoms with van der Waals surface area (Å²) in [6, 6.07) is 16.1. The number of nitrogens with zero attached hydrogens (tertiary/aromatic N) is 2. The fourth-order valence-corrected chi connectivity index (χ4v) is 4.72. The van der Waals surface area contributed by atoms with Gasteiger partial charge in [0.1, 0.15) is 0 Å². The lowest BCUT2D eigenvalue weighted by Crippen LogP contribution is -2.08. The summed E-state index contributed by atoms with van der Waals surface area (Å²) >= 11 is 3.57. The second-order valence-corrected chi connectivity index (χ2v) is 7.04. The molecule has 5 aromatic rings. The van der Waals surface area contributed by atoms with Gasteiger partial charge in [-0.15, -0.1) is 0 Å². The monoisotopic (exact) mass is 422 g/mol. The minimum absolute atomic E-state index is 0.504. The van der Waals surface area contributed by atoms with Gasteiger partial charge >= 0.3 is 12.2 Å². The van der Waals surface area contributed by atoms with Gasteiger partial charge in [-0.3, -0.25) is 0 Å². The Balaban J connectivity index is 2.16. The maximum Gasteiger partial charge on any atom is 0.416 e. The molecule has 0 amide bonds. The fraction of sp³-hybridized carbons (Fsp3) is 0. The van der Waals surface area contributed by atoms with E-state index in [4.69, 9.17) is 0 Å². The van der Waals surface area contributed by atoms with Crippen molar-refractivity contribution in [2.45, 2.75) is 0 Å². The van der Waals surface area contributed by atoms with Gasteiger partial charge in [-0.25, -0.2) is 18.7 Å². The molecule has 2 N–H and O–H groups in total. The van der Waals surface area contributed by atoms with Gasteiger partial charge in [-0.1, -0.05) is 36.4 Å². The quantitative estimate of drug-likeness (QED) is 0.334. The van der Waals surface area contributed by atoms with Crippen molar-refractivity contribution in [3.05, 3.63) is 59.1 Å². The fourth-order valence-electron chi connectivity index (χ4n) is 3.91. The highest BCUT2D eigenvalue weighted by molar-refractivity contribution is 9.10. The summed E-state index contributed by atoms with van der Waals surface area (Å²) in [5.41, 5.74) is 2.12. The first-order valence-electron chi connectivity index (χ1n) is 8.12. The lowest BCUT2D eigenvalue weighted by Gasteiger charge is -2.05. The molecule has 0 radical (unpaired) electrons. The van der Waals surface area contributed by atoms with Crippen molar-refractivity contribution in [1.82, 2.24) is 9.13 Å². The van der Waals surface area contributed by atoms with Gasteiger partial charge < -0.3 is 10.2 Å². The van der Waals surface area contributed by atoms with Crippen LogP contribution in [0.25, 0.3) is 43.6 Å².